The number of methoxy groups -OCH3 is 1. The summed E-state index contributed by atoms with van der Waals surface area (Å²) >= 11 is 0. The van der Waals surface area contributed by atoms with Gasteiger partial charge in [-0.1, -0.05) is 6.07 Å². The van der Waals surface area contributed by atoms with Gasteiger partial charge in [-0.25, -0.2) is 8.42 Å². The van der Waals surface area contributed by atoms with Crippen molar-refractivity contribution in [2.45, 2.75) is 11.3 Å². The Morgan fingerprint density at radius 1 is 1.45 bits per heavy atom. The smallest absolute Gasteiger partial charge is 0.310 e. The lowest BCUT2D eigenvalue weighted by atomic mass is 10.2. The zero-order valence-electron chi connectivity index (χ0n) is 11.0. The van der Waals surface area contributed by atoms with E-state index in [2.05, 4.69) is 10.1 Å². The van der Waals surface area contributed by atoms with Crippen LogP contribution in [-0.4, -0.2) is 39.2 Å². The van der Waals surface area contributed by atoms with E-state index >= 15 is 0 Å². The van der Waals surface area contributed by atoms with Gasteiger partial charge in [0, 0.05) is 12.8 Å². The van der Waals surface area contributed by atoms with E-state index < -0.39 is 26.4 Å². The maximum absolute atomic E-state index is 11.5. The van der Waals surface area contributed by atoms with Crippen LogP contribution in [0.25, 0.3) is 0 Å². The van der Waals surface area contributed by atoms with Crippen molar-refractivity contribution >= 4 is 27.2 Å². The van der Waals surface area contributed by atoms with Crippen LogP contribution in [0.4, 0.5) is 11.4 Å². The zero-order valence-corrected chi connectivity index (χ0v) is 11.8. The topological polar surface area (TPSA) is 116 Å². The SMILES string of the molecule is COC(=O)CCNc1cccc(S(C)(=O)=O)c1[N+](=O)[O-]. The van der Waals surface area contributed by atoms with Crippen molar-refractivity contribution < 1.29 is 22.9 Å². The third-order valence-corrected chi connectivity index (χ3v) is 3.58. The van der Waals surface area contributed by atoms with Crippen LogP contribution in [0, 0.1) is 10.1 Å². The number of ether oxygens (including phenoxy) is 1. The Bertz CT molecular complexity index is 626. The number of hydrogen-bond donors (Lipinski definition) is 1. The van der Waals surface area contributed by atoms with Crippen molar-refractivity contribution in [3.63, 3.8) is 0 Å². The summed E-state index contributed by atoms with van der Waals surface area (Å²) in [5.41, 5.74) is -0.485. The fraction of sp³-hybridized carbons (Fsp3) is 0.364. The summed E-state index contributed by atoms with van der Waals surface area (Å²) < 4.78 is 27.5. The molecule has 0 heterocycles. The number of benzene rings is 1. The van der Waals surface area contributed by atoms with Gasteiger partial charge in [-0.2, -0.15) is 0 Å². The number of nitro groups is 1. The first-order valence-corrected chi connectivity index (χ1v) is 7.44. The molecule has 0 saturated heterocycles. The van der Waals surface area contributed by atoms with E-state index in [1.165, 1.54) is 25.3 Å². The second-order valence-corrected chi connectivity index (χ2v) is 5.92. The molecule has 0 aliphatic carbocycles. The largest absolute Gasteiger partial charge is 0.469 e. The quantitative estimate of drug-likeness (QED) is 0.473. The van der Waals surface area contributed by atoms with Crippen molar-refractivity contribution in [2.75, 3.05) is 25.2 Å². The van der Waals surface area contributed by atoms with Crippen LogP contribution in [0.15, 0.2) is 23.1 Å². The molecule has 0 atom stereocenters. The van der Waals surface area contributed by atoms with Crippen molar-refractivity contribution in [1.29, 1.82) is 0 Å². The first-order chi connectivity index (χ1) is 9.27. The van der Waals surface area contributed by atoms with E-state index in [4.69, 9.17) is 0 Å². The summed E-state index contributed by atoms with van der Waals surface area (Å²) in [6.45, 7) is 0.0979. The second kappa shape index (κ2) is 6.33. The van der Waals surface area contributed by atoms with Crippen LogP contribution >= 0.6 is 0 Å². The highest BCUT2D eigenvalue weighted by molar-refractivity contribution is 7.90. The van der Waals surface area contributed by atoms with Crippen LogP contribution in [0.5, 0.6) is 0 Å². The second-order valence-electron chi connectivity index (χ2n) is 3.93. The summed E-state index contributed by atoms with van der Waals surface area (Å²) in [6, 6.07) is 3.94. The van der Waals surface area contributed by atoms with Gasteiger partial charge in [0.15, 0.2) is 9.84 Å². The molecule has 0 aliphatic rings. The Kier molecular flexibility index (Phi) is 5.03. The average Bonchev–Trinajstić information content (AvgIpc) is 2.36. The highest BCUT2D eigenvalue weighted by atomic mass is 32.2. The lowest BCUT2D eigenvalue weighted by Crippen LogP contribution is -2.12. The Labute approximate surface area is 115 Å². The number of carbonyl (C=O) groups is 1. The highest BCUT2D eigenvalue weighted by Gasteiger charge is 2.25. The lowest BCUT2D eigenvalue weighted by Gasteiger charge is -2.08. The van der Waals surface area contributed by atoms with Crippen molar-refractivity contribution in [1.82, 2.24) is 0 Å². The number of nitrogens with one attached hydrogen (secondary N) is 1. The van der Waals surface area contributed by atoms with Crippen molar-refractivity contribution in [3.05, 3.63) is 28.3 Å². The molecule has 0 unspecified atom stereocenters. The Morgan fingerprint density at radius 2 is 2.10 bits per heavy atom. The molecule has 0 aromatic heterocycles. The van der Waals surface area contributed by atoms with Crippen LogP contribution in [0.3, 0.4) is 0 Å². The van der Waals surface area contributed by atoms with Crippen LogP contribution in [-0.2, 0) is 19.4 Å². The van der Waals surface area contributed by atoms with E-state index in [1.54, 1.807) is 0 Å². The van der Waals surface area contributed by atoms with Gasteiger partial charge in [-0.05, 0) is 12.1 Å². The van der Waals surface area contributed by atoms with Gasteiger partial charge in [0.1, 0.15) is 10.6 Å². The van der Waals surface area contributed by atoms with Gasteiger partial charge in [0.05, 0.1) is 18.5 Å². The third kappa shape index (κ3) is 3.92. The minimum Gasteiger partial charge on any atom is -0.469 e. The number of rotatable bonds is 6. The number of carbonyl (C=O) groups excluding carboxylic acids is 1. The van der Waals surface area contributed by atoms with Crippen molar-refractivity contribution in [3.8, 4) is 0 Å². The molecule has 0 fully saturated rings. The Hall–Kier alpha value is -2.16. The first-order valence-electron chi connectivity index (χ1n) is 5.55. The van der Waals surface area contributed by atoms with E-state index in [9.17, 15) is 23.3 Å². The molecule has 20 heavy (non-hydrogen) atoms. The molecule has 0 bridgehead atoms. The lowest BCUT2D eigenvalue weighted by molar-refractivity contribution is -0.386. The normalized spacial score (nSPS) is 10.9. The van der Waals surface area contributed by atoms with E-state index in [1.807, 2.05) is 0 Å². The molecule has 0 saturated carbocycles. The minimum absolute atomic E-state index is 0.0107. The van der Waals surface area contributed by atoms with Crippen LogP contribution in [0.2, 0.25) is 0 Å². The fourth-order valence-electron chi connectivity index (χ4n) is 1.55. The monoisotopic (exact) mass is 302 g/mol. The van der Waals surface area contributed by atoms with Gasteiger partial charge in [-0.15, -0.1) is 0 Å². The summed E-state index contributed by atoms with van der Waals surface area (Å²) in [5.74, 6) is -0.473. The zero-order chi connectivity index (χ0) is 15.3. The molecule has 0 spiro atoms. The van der Waals surface area contributed by atoms with Crippen molar-refractivity contribution in [2.24, 2.45) is 0 Å². The maximum atomic E-state index is 11.5. The Morgan fingerprint density at radius 3 is 2.60 bits per heavy atom. The molecule has 1 aromatic carbocycles. The van der Waals surface area contributed by atoms with Gasteiger partial charge in [-0.3, -0.25) is 14.9 Å². The molecule has 0 aliphatic heterocycles. The predicted molar refractivity (Wildman–Crippen MR) is 71.3 cm³/mol. The third-order valence-electron chi connectivity index (χ3n) is 2.45. The fourth-order valence-corrected chi connectivity index (χ4v) is 2.42. The number of anilines is 1. The minimum atomic E-state index is -3.72. The molecule has 0 amide bonds. The molecule has 1 rings (SSSR count). The number of hydrogen-bond acceptors (Lipinski definition) is 7. The number of nitrogens with zero attached hydrogens (tertiary/aromatic N) is 1. The van der Waals surface area contributed by atoms with Gasteiger partial charge >= 0.3 is 11.7 Å². The molecule has 1 N–H and O–H groups in total. The molecule has 8 nitrogen and oxygen atoms in total. The van der Waals surface area contributed by atoms with Gasteiger partial charge < -0.3 is 10.1 Å². The van der Waals surface area contributed by atoms with Crippen LogP contribution < -0.4 is 5.32 Å². The summed E-state index contributed by atoms with van der Waals surface area (Å²) in [5, 5.41) is 13.7. The van der Waals surface area contributed by atoms with Gasteiger partial charge in [0.25, 0.3) is 0 Å². The molecule has 110 valence electrons. The summed E-state index contributed by atoms with van der Waals surface area (Å²) in [4.78, 5) is 20.9. The summed E-state index contributed by atoms with van der Waals surface area (Å²) in [6.07, 6.45) is 0.907. The maximum Gasteiger partial charge on any atom is 0.310 e. The molecular formula is C11H14N2O6S. The Balaban J connectivity index is 3.08. The number of sulfone groups is 1. The first kappa shape index (κ1) is 15.9. The van der Waals surface area contributed by atoms with Gasteiger partial charge in [0.2, 0.25) is 0 Å². The average molecular weight is 302 g/mol. The van der Waals surface area contributed by atoms with Crippen LogP contribution in [0.1, 0.15) is 6.42 Å². The number of para-hydroxylation sites is 1. The number of esters is 1. The van der Waals surface area contributed by atoms with E-state index in [-0.39, 0.29) is 23.5 Å². The standard InChI is InChI=1S/C11H14N2O6S/c1-19-10(14)6-7-12-8-4-3-5-9(20(2,17)18)11(8)13(15)16/h3-5,12H,6-7H2,1-2H3. The molecular weight excluding hydrogens is 288 g/mol. The summed E-state index contributed by atoms with van der Waals surface area (Å²) in [7, 11) is -2.49. The van der Waals surface area contributed by atoms with E-state index in [0.717, 1.165) is 6.26 Å². The molecule has 1 aromatic rings. The molecule has 0 radical (unpaired) electrons. The highest BCUT2D eigenvalue weighted by Crippen LogP contribution is 2.31. The molecule has 9 heteroatoms. The van der Waals surface area contributed by atoms with E-state index in [0.29, 0.717) is 0 Å². The number of nitro benzene ring substituents is 1. The predicted octanol–water partition coefficient (Wildman–Crippen LogP) is 0.973.